The number of hydrogen-bond acceptors (Lipinski definition) is 3. The summed E-state index contributed by atoms with van der Waals surface area (Å²) in [7, 11) is 0. The standard InChI is InChI=1S/C33H35NO3/c1-21-18-25(19-30(22(21)2)33(35)36)31-20-26(37-32-16-7-6-14-29(31)32)12-9-17-34-23(3)27-15-8-11-24-10-4-5-13-28(24)27/h4-8,10-11,13-16,18-19,23,26,31,34H,9,12,17,20H2,1-3H3,(H,35,36)/t23-,26+,31+/m1/s1. The summed E-state index contributed by atoms with van der Waals surface area (Å²) in [5, 5.41) is 16.0. The highest BCUT2D eigenvalue weighted by atomic mass is 16.5. The van der Waals surface area contributed by atoms with Crippen molar-refractivity contribution in [3.05, 3.63) is 112 Å². The van der Waals surface area contributed by atoms with Crippen molar-refractivity contribution in [2.75, 3.05) is 6.54 Å². The molecule has 5 rings (SSSR count). The van der Waals surface area contributed by atoms with E-state index in [4.69, 9.17) is 4.74 Å². The number of hydrogen-bond donors (Lipinski definition) is 2. The third-order valence-electron chi connectivity index (χ3n) is 7.85. The van der Waals surface area contributed by atoms with Gasteiger partial charge >= 0.3 is 5.97 Å². The second kappa shape index (κ2) is 10.8. The molecule has 1 heterocycles. The zero-order valence-electron chi connectivity index (χ0n) is 21.8. The normalized spacial score (nSPS) is 17.7. The van der Waals surface area contributed by atoms with Gasteiger partial charge in [0.05, 0.1) is 11.7 Å². The predicted octanol–water partition coefficient (Wildman–Crippen LogP) is 7.57. The van der Waals surface area contributed by atoms with Crippen molar-refractivity contribution in [2.45, 2.75) is 58.1 Å². The van der Waals surface area contributed by atoms with Gasteiger partial charge in [-0.15, -0.1) is 0 Å². The molecule has 1 aliphatic rings. The number of ether oxygens (including phenoxy) is 1. The molecule has 0 radical (unpaired) electrons. The maximum Gasteiger partial charge on any atom is 0.335 e. The second-order valence-corrected chi connectivity index (χ2v) is 10.3. The van der Waals surface area contributed by atoms with Gasteiger partial charge in [-0.2, -0.15) is 0 Å². The number of aryl methyl sites for hydroxylation is 1. The van der Waals surface area contributed by atoms with Gasteiger partial charge in [0.25, 0.3) is 0 Å². The lowest BCUT2D eigenvalue weighted by Gasteiger charge is -2.33. The van der Waals surface area contributed by atoms with Crippen molar-refractivity contribution in [3.8, 4) is 5.75 Å². The van der Waals surface area contributed by atoms with Gasteiger partial charge in [0.1, 0.15) is 5.75 Å². The Bertz CT molecular complexity index is 1420. The van der Waals surface area contributed by atoms with Crippen molar-refractivity contribution in [1.29, 1.82) is 0 Å². The first-order valence-corrected chi connectivity index (χ1v) is 13.2. The number of rotatable bonds is 8. The lowest BCUT2D eigenvalue weighted by molar-refractivity contribution is 0.0696. The Morgan fingerprint density at radius 3 is 2.62 bits per heavy atom. The molecule has 0 saturated carbocycles. The minimum Gasteiger partial charge on any atom is -0.490 e. The molecule has 37 heavy (non-hydrogen) atoms. The number of carbonyl (C=O) groups is 1. The quantitative estimate of drug-likeness (QED) is 0.249. The summed E-state index contributed by atoms with van der Waals surface area (Å²) in [5.41, 5.74) is 5.76. The molecule has 0 fully saturated rings. The minimum absolute atomic E-state index is 0.0875. The van der Waals surface area contributed by atoms with Crippen molar-refractivity contribution in [2.24, 2.45) is 0 Å². The average molecular weight is 494 g/mol. The van der Waals surface area contributed by atoms with Crippen molar-refractivity contribution in [3.63, 3.8) is 0 Å². The van der Waals surface area contributed by atoms with E-state index < -0.39 is 5.97 Å². The van der Waals surface area contributed by atoms with Gasteiger partial charge in [-0.1, -0.05) is 66.7 Å². The first-order valence-electron chi connectivity index (χ1n) is 13.2. The molecule has 0 saturated heterocycles. The maximum atomic E-state index is 11.9. The Balaban J connectivity index is 1.27. The third kappa shape index (κ3) is 5.26. The van der Waals surface area contributed by atoms with Crippen LogP contribution in [0, 0.1) is 13.8 Å². The van der Waals surface area contributed by atoms with E-state index in [2.05, 4.69) is 66.8 Å². The molecule has 1 aliphatic heterocycles. The predicted molar refractivity (Wildman–Crippen MR) is 150 cm³/mol. The number of para-hydroxylation sites is 1. The molecular weight excluding hydrogens is 458 g/mol. The van der Waals surface area contributed by atoms with Crippen LogP contribution in [0.2, 0.25) is 0 Å². The highest BCUT2D eigenvalue weighted by molar-refractivity contribution is 5.90. The zero-order chi connectivity index (χ0) is 25.9. The van der Waals surface area contributed by atoms with Crippen LogP contribution in [0.15, 0.2) is 78.9 Å². The summed E-state index contributed by atoms with van der Waals surface area (Å²) in [6, 6.07) is 27.5. The zero-order valence-corrected chi connectivity index (χ0v) is 21.8. The van der Waals surface area contributed by atoms with Crippen LogP contribution in [0.5, 0.6) is 5.75 Å². The fourth-order valence-corrected chi connectivity index (χ4v) is 5.68. The van der Waals surface area contributed by atoms with E-state index in [-0.39, 0.29) is 18.1 Å². The lowest BCUT2D eigenvalue weighted by Crippen LogP contribution is -2.28. The number of carboxylic acids is 1. The summed E-state index contributed by atoms with van der Waals surface area (Å²) in [6.45, 7) is 7.01. The summed E-state index contributed by atoms with van der Waals surface area (Å²) in [5.74, 6) is 0.164. The molecule has 0 spiro atoms. The summed E-state index contributed by atoms with van der Waals surface area (Å²) >= 11 is 0. The van der Waals surface area contributed by atoms with E-state index in [9.17, 15) is 9.90 Å². The number of carboxylic acid groups (broad SMARTS) is 1. The lowest BCUT2D eigenvalue weighted by atomic mass is 9.81. The van der Waals surface area contributed by atoms with Gasteiger partial charge in [0.15, 0.2) is 0 Å². The van der Waals surface area contributed by atoms with Crippen molar-refractivity contribution in [1.82, 2.24) is 5.32 Å². The number of nitrogens with one attached hydrogen (secondary N) is 1. The summed E-state index contributed by atoms with van der Waals surface area (Å²) in [4.78, 5) is 11.9. The van der Waals surface area contributed by atoms with E-state index in [1.807, 2.05) is 38.1 Å². The summed E-state index contributed by atoms with van der Waals surface area (Å²) in [6.07, 6.45) is 2.88. The van der Waals surface area contributed by atoms with Crippen LogP contribution in [0.3, 0.4) is 0 Å². The molecule has 2 N–H and O–H groups in total. The van der Waals surface area contributed by atoms with Crippen LogP contribution < -0.4 is 10.1 Å². The molecule has 0 aromatic heterocycles. The fourth-order valence-electron chi connectivity index (χ4n) is 5.68. The molecule has 4 heteroatoms. The number of aromatic carboxylic acids is 1. The van der Waals surface area contributed by atoms with Crippen molar-refractivity contribution >= 4 is 16.7 Å². The largest absolute Gasteiger partial charge is 0.490 e. The fraction of sp³-hybridized carbons (Fsp3) is 0.303. The van der Waals surface area contributed by atoms with E-state index in [0.29, 0.717) is 5.56 Å². The van der Waals surface area contributed by atoms with Gasteiger partial charge in [-0.25, -0.2) is 4.79 Å². The van der Waals surface area contributed by atoms with Gasteiger partial charge in [-0.3, -0.25) is 0 Å². The van der Waals surface area contributed by atoms with Crippen LogP contribution in [-0.4, -0.2) is 23.7 Å². The van der Waals surface area contributed by atoms with Crippen LogP contribution in [0.25, 0.3) is 10.8 Å². The van der Waals surface area contributed by atoms with Gasteiger partial charge in [-0.05, 0) is 91.7 Å². The Morgan fingerprint density at radius 2 is 1.78 bits per heavy atom. The molecule has 4 aromatic rings. The van der Waals surface area contributed by atoms with Crippen LogP contribution >= 0.6 is 0 Å². The highest BCUT2D eigenvalue weighted by Gasteiger charge is 2.30. The molecule has 0 amide bonds. The van der Waals surface area contributed by atoms with Gasteiger partial charge < -0.3 is 15.2 Å². The Labute approximate surface area is 219 Å². The molecule has 0 unspecified atom stereocenters. The molecule has 0 aliphatic carbocycles. The molecule has 0 bridgehead atoms. The molecule has 4 aromatic carbocycles. The second-order valence-electron chi connectivity index (χ2n) is 10.3. The smallest absolute Gasteiger partial charge is 0.335 e. The van der Waals surface area contributed by atoms with E-state index in [1.165, 1.54) is 16.3 Å². The van der Waals surface area contributed by atoms with Crippen LogP contribution in [0.1, 0.15) is 76.3 Å². The van der Waals surface area contributed by atoms with Gasteiger partial charge in [0.2, 0.25) is 0 Å². The molecular formula is C33H35NO3. The first kappa shape index (κ1) is 25.0. The minimum atomic E-state index is -0.870. The average Bonchev–Trinajstić information content (AvgIpc) is 2.91. The summed E-state index contributed by atoms with van der Waals surface area (Å²) < 4.78 is 6.42. The molecule has 4 nitrogen and oxygen atoms in total. The maximum absolute atomic E-state index is 11.9. The Hall–Kier alpha value is -3.63. The number of fused-ring (bicyclic) bond motifs is 2. The Kier molecular flexibility index (Phi) is 7.29. The van der Waals surface area contributed by atoms with Gasteiger partial charge in [0, 0.05) is 17.5 Å². The van der Waals surface area contributed by atoms with E-state index >= 15 is 0 Å². The SMILES string of the molecule is Cc1cc([C@@H]2C[C@H](CCCN[C@H](C)c3cccc4ccccc34)Oc3ccccc32)cc(C(=O)O)c1C. The van der Waals surface area contributed by atoms with E-state index in [0.717, 1.165) is 53.8 Å². The topological polar surface area (TPSA) is 58.6 Å². The highest BCUT2D eigenvalue weighted by Crippen LogP contribution is 2.42. The molecule has 3 atom stereocenters. The van der Waals surface area contributed by atoms with Crippen LogP contribution in [0.4, 0.5) is 0 Å². The number of benzene rings is 4. The first-order chi connectivity index (χ1) is 17.9. The third-order valence-corrected chi connectivity index (χ3v) is 7.85. The molecule has 190 valence electrons. The van der Waals surface area contributed by atoms with E-state index in [1.54, 1.807) is 0 Å². The van der Waals surface area contributed by atoms with Crippen LogP contribution in [-0.2, 0) is 0 Å². The van der Waals surface area contributed by atoms with Crippen molar-refractivity contribution < 1.29 is 14.6 Å². The Morgan fingerprint density at radius 1 is 1.03 bits per heavy atom. The monoisotopic (exact) mass is 493 g/mol.